The van der Waals surface area contributed by atoms with Gasteiger partial charge in [-0.05, 0) is 25.3 Å². The second-order valence-corrected chi connectivity index (χ2v) is 6.78. The molecule has 21 heavy (non-hydrogen) atoms. The van der Waals surface area contributed by atoms with Crippen molar-refractivity contribution < 1.29 is 4.79 Å². The van der Waals surface area contributed by atoms with Crippen LogP contribution in [0.4, 0.5) is 5.13 Å². The number of amides is 1. The molecule has 0 saturated carbocycles. The van der Waals surface area contributed by atoms with E-state index in [2.05, 4.69) is 16.4 Å². The van der Waals surface area contributed by atoms with E-state index in [-0.39, 0.29) is 11.8 Å². The topological polar surface area (TPSA) is 59.2 Å². The van der Waals surface area contributed by atoms with Gasteiger partial charge in [-0.25, -0.2) is 4.98 Å². The van der Waals surface area contributed by atoms with Crippen molar-refractivity contribution in [2.75, 3.05) is 18.0 Å². The first-order valence-electron chi connectivity index (χ1n) is 7.17. The van der Waals surface area contributed by atoms with Gasteiger partial charge in [-0.15, -0.1) is 11.3 Å². The van der Waals surface area contributed by atoms with Crippen molar-refractivity contribution in [2.45, 2.75) is 25.2 Å². The number of carbonyl (C=O) groups is 1. The van der Waals surface area contributed by atoms with E-state index in [0.29, 0.717) is 5.92 Å². The Hall–Kier alpha value is -1.33. The normalized spacial score (nSPS) is 23.2. The van der Waals surface area contributed by atoms with Crippen LogP contribution >= 0.6 is 22.9 Å². The number of nitrogens with zero attached hydrogens (tertiary/aromatic N) is 2. The first-order valence-corrected chi connectivity index (χ1v) is 8.43. The standard InChI is InChI=1S/C15H18ClN3OS/c16-12-3-1-10(2-4-12)13-9-21-15(18-13)19-7-5-11(6-8-19)14(17)20/h1,3-4,9-11H,2,5-8H2,(H2,17,20). The quantitative estimate of drug-likeness (QED) is 0.930. The Balaban J connectivity index is 1.64. The summed E-state index contributed by atoms with van der Waals surface area (Å²) in [4.78, 5) is 18.2. The maximum atomic E-state index is 11.2. The molecule has 1 unspecified atom stereocenters. The van der Waals surface area contributed by atoms with Crippen LogP contribution in [0.5, 0.6) is 0 Å². The molecule has 1 aromatic rings. The molecule has 2 heterocycles. The summed E-state index contributed by atoms with van der Waals surface area (Å²) in [6, 6.07) is 0. The zero-order valence-electron chi connectivity index (χ0n) is 11.7. The molecule has 112 valence electrons. The number of halogens is 1. The molecule has 1 atom stereocenters. The number of primary amides is 1. The Labute approximate surface area is 133 Å². The van der Waals surface area contributed by atoms with Crippen molar-refractivity contribution in [2.24, 2.45) is 11.7 Å². The average Bonchev–Trinajstić information content (AvgIpc) is 2.98. The number of allylic oxidation sites excluding steroid dienone is 4. The molecule has 1 aliphatic heterocycles. The van der Waals surface area contributed by atoms with Crippen LogP contribution in [-0.2, 0) is 4.79 Å². The largest absolute Gasteiger partial charge is 0.369 e. The minimum absolute atomic E-state index is 0.0224. The lowest BCUT2D eigenvalue weighted by atomic mass is 9.96. The van der Waals surface area contributed by atoms with Crippen molar-refractivity contribution in [3.05, 3.63) is 34.3 Å². The molecule has 1 saturated heterocycles. The van der Waals surface area contributed by atoms with Crippen LogP contribution in [0.3, 0.4) is 0 Å². The number of piperidine rings is 1. The average molecular weight is 324 g/mol. The molecule has 1 aromatic heterocycles. The molecule has 0 spiro atoms. The predicted octanol–water partition coefficient (Wildman–Crippen LogP) is 3.01. The smallest absolute Gasteiger partial charge is 0.220 e. The van der Waals surface area contributed by atoms with E-state index in [1.54, 1.807) is 11.3 Å². The van der Waals surface area contributed by atoms with Gasteiger partial charge in [-0.2, -0.15) is 0 Å². The fourth-order valence-corrected chi connectivity index (χ4v) is 3.87. The highest BCUT2D eigenvalue weighted by Crippen LogP contribution is 2.32. The van der Waals surface area contributed by atoms with Crippen molar-refractivity contribution in [1.82, 2.24) is 4.98 Å². The molecule has 2 N–H and O–H groups in total. The van der Waals surface area contributed by atoms with E-state index < -0.39 is 0 Å². The molecule has 3 rings (SSSR count). The number of thiazole rings is 1. The zero-order valence-corrected chi connectivity index (χ0v) is 13.2. The second-order valence-electron chi connectivity index (χ2n) is 5.51. The fraction of sp³-hybridized carbons (Fsp3) is 0.467. The van der Waals surface area contributed by atoms with E-state index in [9.17, 15) is 4.79 Å². The summed E-state index contributed by atoms with van der Waals surface area (Å²) >= 11 is 7.62. The van der Waals surface area contributed by atoms with Gasteiger partial charge >= 0.3 is 0 Å². The summed E-state index contributed by atoms with van der Waals surface area (Å²) < 4.78 is 0. The molecule has 1 fully saturated rings. The van der Waals surface area contributed by atoms with Crippen molar-refractivity contribution >= 4 is 34.0 Å². The van der Waals surface area contributed by atoms with Gasteiger partial charge in [0.25, 0.3) is 0 Å². The summed E-state index contributed by atoms with van der Waals surface area (Å²) in [7, 11) is 0. The Morgan fingerprint density at radius 2 is 2.19 bits per heavy atom. The highest BCUT2D eigenvalue weighted by atomic mass is 35.5. The number of rotatable bonds is 3. The lowest BCUT2D eigenvalue weighted by molar-refractivity contribution is -0.122. The molecule has 4 nitrogen and oxygen atoms in total. The van der Waals surface area contributed by atoms with Crippen LogP contribution in [0.1, 0.15) is 30.9 Å². The summed E-state index contributed by atoms with van der Waals surface area (Å²) in [5.74, 6) is 0.167. The Morgan fingerprint density at radius 1 is 1.43 bits per heavy atom. The molecule has 0 bridgehead atoms. The van der Waals surface area contributed by atoms with Crippen LogP contribution in [0.25, 0.3) is 0 Å². The van der Waals surface area contributed by atoms with Gasteiger partial charge in [0.1, 0.15) is 0 Å². The van der Waals surface area contributed by atoms with Gasteiger partial charge in [-0.3, -0.25) is 4.79 Å². The Morgan fingerprint density at radius 3 is 2.81 bits per heavy atom. The number of hydrogen-bond acceptors (Lipinski definition) is 4. The molecular formula is C15H18ClN3OS. The lowest BCUT2D eigenvalue weighted by Crippen LogP contribution is -2.38. The number of hydrogen-bond donors (Lipinski definition) is 1. The van der Waals surface area contributed by atoms with Crippen LogP contribution in [0, 0.1) is 5.92 Å². The van der Waals surface area contributed by atoms with E-state index >= 15 is 0 Å². The molecular weight excluding hydrogens is 306 g/mol. The van der Waals surface area contributed by atoms with E-state index in [4.69, 9.17) is 22.3 Å². The Bertz CT molecular complexity index is 587. The van der Waals surface area contributed by atoms with Gasteiger partial charge in [0.05, 0.1) is 5.69 Å². The third-order valence-electron chi connectivity index (χ3n) is 4.11. The van der Waals surface area contributed by atoms with Crippen LogP contribution in [0.15, 0.2) is 28.6 Å². The first-order chi connectivity index (χ1) is 10.1. The highest BCUT2D eigenvalue weighted by molar-refractivity contribution is 7.13. The van der Waals surface area contributed by atoms with Crippen LogP contribution in [-0.4, -0.2) is 24.0 Å². The fourth-order valence-electron chi connectivity index (χ4n) is 2.76. The minimum atomic E-state index is -0.175. The number of aromatic nitrogens is 1. The highest BCUT2D eigenvalue weighted by Gasteiger charge is 2.25. The SMILES string of the molecule is NC(=O)C1CCN(c2nc(C3C=CC(Cl)=CC3)cs2)CC1. The molecule has 1 aliphatic carbocycles. The second kappa shape index (κ2) is 6.20. The third-order valence-corrected chi connectivity index (χ3v) is 5.31. The molecule has 2 aliphatic rings. The third kappa shape index (κ3) is 3.30. The van der Waals surface area contributed by atoms with Gasteiger partial charge < -0.3 is 10.6 Å². The minimum Gasteiger partial charge on any atom is -0.369 e. The number of carbonyl (C=O) groups excluding carboxylic acids is 1. The molecule has 6 heteroatoms. The van der Waals surface area contributed by atoms with Crippen LogP contribution in [0.2, 0.25) is 0 Å². The number of nitrogens with two attached hydrogens (primary N) is 1. The lowest BCUT2D eigenvalue weighted by Gasteiger charge is -2.30. The summed E-state index contributed by atoms with van der Waals surface area (Å²) in [6.07, 6.45) is 8.64. The van der Waals surface area contributed by atoms with Gasteiger partial charge in [0, 0.05) is 35.3 Å². The van der Waals surface area contributed by atoms with Gasteiger partial charge in [-0.1, -0.05) is 23.8 Å². The van der Waals surface area contributed by atoms with E-state index in [1.165, 1.54) is 0 Å². The predicted molar refractivity (Wildman–Crippen MR) is 86.7 cm³/mol. The summed E-state index contributed by atoms with van der Waals surface area (Å²) in [5.41, 5.74) is 6.47. The Kier molecular flexibility index (Phi) is 4.31. The maximum absolute atomic E-state index is 11.2. The maximum Gasteiger partial charge on any atom is 0.220 e. The number of anilines is 1. The molecule has 1 amide bonds. The summed E-state index contributed by atoms with van der Waals surface area (Å²) in [5, 5.41) is 3.97. The van der Waals surface area contributed by atoms with Crippen molar-refractivity contribution in [3.8, 4) is 0 Å². The zero-order chi connectivity index (χ0) is 14.8. The monoisotopic (exact) mass is 323 g/mol. The van der Waals surface area contributed by atoms with Crippen molar-refractivity contribution in [3.63, 3.8) is 0 Å². The van der Waals surface area contributed by atoms with Crippen molar-refractivity contribution in [1.29, 1.82) is 0 Å². The molecule has 0 radical (unpaired) electrons. The molecule has 0 aromatic carbocycles. The van der Waals surface area contributed by atoms with Gasteiger partial charge in [0.15, 0.2) is 5.13 Å². The summed E-state index contributed by atoms with van der Waals surface area (Å²) in [6.45, 7) is 1.71. The van der Waals surface area contributed by atoms with E-state index in [0.717, 1.165) is 48.2 Å². The van der Waals surface area contributed by atoms with Gasteiger partial charge in [0.2, 0.25) is 5.91 Å². The van der Waals surface area contributed by atoms with Crippen LogP contribution < -0.4 is 10.6 Å². The van der Waals surface area contributed by atoms with E-state index in [1.807, 2.05) is 12.2 Å². The first kappa shape index (κ1) is 14.6.